The summed E-state index contributed by atoms with van der Waals surface area (Å²) in [6, 6.07) is 13.2. The van der Waals surface area contributed by atoms with Crippen LogP contribution in [0.15, 0.2) is 47.4 Å². The lowest BCUT2D eigenvalue weighted by Crippen LogP contribution is -2.53. The number of fused-ring (bicyclic) bond motifs is 2. The third kappa shape index (κ3) is 3.32. The molecule has 152 valence electrons. The first kappa shape index (κ1) is 18.6. The molecule has 6 nitrogen and oxygen atoms in total. The minimum absolute atomic E-state index is 0.0595. The number of nitrogens with zero attached hydrogens (tertiary/aromatic N) is 2. The lowest BCUT2D eigenvalue weighted by Gasteiger charge is -2.35. The molecule has 2 aliphatic heterocycles. The molecule has 0 bridgehead atoms. The third-order valence-electron chi connectivity index (χ3n) is 6.18. The van der Waals surface area contributed by atoms with E-state index in [1.165, 1.54) is 9.87 Å². The number of carbonyl (C=O) groups is 1. The second-order valence-corrected chi connectivity index (χ2v) is 9.87. The van der Waals surface area contributed by atoms with Crippen molar-refractivity contribution in [3.8, 4) is 5.75 Å². The van der Waals surface area contributed by atoms with Gasteiger partial charge in [-0.2, -0.15) is 4.31 Å². The fourth-order valence-electron chi connectivity index (χ4n) is 4.53. The molecule has 7 heteroatoms. The predicted molar refractivity (Wildman–Crippen MR) is 108 cm³/mol. The summed E-state index contributed by atoms with van der Waals surface area (Å²) in [5.41, 5.74) is 3.46. The third-order valence-corrected chi connectivity index (χ3v) is 8.08. The Labute approximate surface area is 171 Å². The Morgan fingerprint density at radius 1 is 0.931 bits per heavy atom. The molecule has 0 saturated carbocycles. The smallest absolute Gasteiger partial charge is 0.264 e. The van der Waals surface area contributed by atoms with Gasteiger partial charge in [0.15, 0.2) is 6.10 Å². The van der Waals surface area contributed by atoms with Gasteiger partial charge in [-0.05, 0) is 54.2 Å². The molecule has 1 amide bonds. The van der Waals surface area contributed by atoms with Crippen LogP contribution in [-0.4, -0.2) is 55.8 Å². The van der Waals surface area contributed by atoms with Gasteiger partial charge < -0.3 is 9.64 Å². The van der Waals surface area contributed by atoms with Crippen molar-refractivity contribution < 1.29 is 17.9 Å². The topological polar surface area (TPSA) is 66.9 Å². The second-order valence-electron chi connectivity index (χ2n) is 7.93. The van der Waals surface area contributed by atoms with Crippen molar-refractivity contribution in [3.05, 3.63) is 59.2 Å². The summed E-state index contributed by atoms with van der Waals surface area (Å²) in [4.78, 5) is 15.0. The number of ether oxygens (including phenoxy) is 1. The average molecular weight is 413 g/mol. The molecule has 1 unspecified atom stereocenters. The fourth-order valence-corrected chi connectivity index (χ4v) is 6.00. The molecule has 2 aromatic carbocycles. The molecule has 1 saturated heterocycles. The van der Waals surface area contributed by atoms with Gasteiger partial charge in [-0.1, -0.05) is 24.3 Å². The van der Waals surface area contributed by atoms with Crippen molar-refractivity contribution in [2.24, 2.45) is 0 Å². The summed E-state index contributed by atoms with van der Waals surface area (Å²) in [7, 11) is -3.53. The van der Waals surface area contributed by atoms with Gasteiger partial charge in [-0.3, -0.25) is 4.79 Å². The average Bonchev–Trinajstić information content (AvgIpc) is 3.39. The van der Waals surface area contributed by atoms with E-state index >= 15 is 0 Å². The first-order chi connectivity index (χ1) is 14.0. The summed E-state index contributed by atoms with van der Waals surface area (Å²) in [5.74, 6) is 0.708. The van der Waals surface area contributed by atoms with Crippen LogP contribution in [0.4, 0.5) is 0 Å². The maximum absolute atomic E-state index is 13.1. The van der Waals surface area contributed by atoms with Crippen LogP contribution in [0.5, 0.6) is 5.75 Å². The standard InChI is InChI=1S/C22H24N2O4S/c25-22(21-15-18-4-1-2-7-20(18)28-21)23-10-12-24(13-11-23)29(26,27)19-9-8-16-5-3-6-17(16)14-19/h1-2,4,7-9,14,21H,3,5-6,10-13,15H2. The van der Waals surface area contributed by atoms with Crippen LogP contribution in [-0.2, 0) is 34.1 Å². The lowest BCUT2D eigenvalue weighted by molar-refractivity contribution is -0.139. The van der Waals surface area contributed by atoms with Crippen molar-refractivity contribution >= 4 is 15.9 Å². The van der Waals surface area contributed by atoms with E-state index in [9.17, 15) is 13.2 Å². The Bertz CT molecular complexity index is 1030. The molecule has 29 heavy (non-hydrogen) atoms. The second kappa shape index (κ2) is 7.15. The minimum atomic E-state index is -3.53. The molecule has 0 aromatic heterocycles. The molecule has 2 aromatic rings. The number of aryl methyl sites for hydroxylation is 2. The molecule has 1 fully saturated rings. The van der Waals surface area contributed by atoms with E-state index in [0.29, 0.717) is 37.5 Å². The Kier molecular flexibility index (Phi) is 4.59. The number of hydrogen-bond acceptors (Lipinski definition) is 4. The van der Waals surface area contributed by atoms with Crippen LogP contribution >= 0.6 is 0 Å². The zero-order valence-corrected chi connectivity index (χ0v) is 17.0. The number of sulfonamides is 1. The molecule has 5 rings (SSSR count). The van der Waals surface area contributed by atoms with Crippen LogP contribution in [0.25, 0.3) is 0 Å². The van der Waals surface area contributed by atoms with E-state index in [1.807, 2.05) is 36.4 Å². The first-order valence-corrected chi connectivity index (χ1v) is 11.6. The van der Waals surface area contributed by atoms with Gasteiger partial charge in [0.2, 0.25) is 10.0 Å². The highest BCUT2D eigenvalue weighted by molar-refractivity contribution is 7.89. The van der Waals surface area contributed by atoms with E-state index in [0.717, 1.165) is 36.1 Å². The zero-order valence-electron chi connectivity index (χ0n) is 16.2. The lowest BCUT2D eigenvalue weighted by atomic mass is 10.1. The van der Waals surface area contributed by atoms with Crippen LogP contribution in [0.1, 0.15) is 23.1 Å². The van der Waals surface area contributed by atoms with Gasteiger partial charge in [0.25, 0.3) is 5.91 Å². The number of amides is 1. The van der Waals surface area contributed by atoms with Crippen LogP contribution < -0.4 is 4.74 Å². The highest BCUT2D eigenvalue weighted by Gasteiger charge is 2.36. The Morgan fingerprint density at radius 3 is 2.48 bits per heavy atom. The summed E-state index contributed by atoms with van der Waals surface area (Å²) in [6.45, 7) is 1.40. The monoisotopic (exact) mass is 412 g/mol. The summed E-state index contributed by atoms with van der Waals surface area (Å²) < 4.78 is 33.4. The van der Waals surface area contributed by atoms with Gasteiger partial charge in [0.05, 0.1) is 4.90 Å². The zero-order chi connectivity index (χ0) is 20.0. The van der Waals surface area contributed by atoms with E-state index in [-0.39, 0.29) is 5.91 Å². The van der Waals surface area contributed by atoms with Crippen molar-refractivity contribution in [2.75, 3.05) is 26.2 Å². The number of para-hydroxylation sites is 1. The van der Waals surface area contributed by atoms with Crippen LogP contribution in [0.3, 0.4) is 0 Å². The van der Waals surface area contributed by atoms with Crippen molar-refractivity contribution in [1.29, 1.82) is 0 Å². The van der Waals surface area contributed by atoms with Crippen LogP contribution in [0, 0.1) is 0 Å². The molecule has 1 atom stereocenters. The number of piperazine rings is 1. The SMILES string of the molecule is O=C(C1Cc2ccccc2O1)N1CCN(S(=O)(=O)c2ccc3c(c2)CCC3)CC1. The highest BCUT2D eigenvalue weighted by Crippen LogP contribution is 2.30. The first-order valence-electron chi connectivity index (χ1n) is 10.2. The quantitative estimate of drug-likeness (QED) is 0.774. The summed E-state index contributed by atoms with van der Waals surface area (Å²) in [6.07, 6.45) is 3.14. The minimum Gasteiger partial charge on any atom is -0.480 e. The summed E-state index contributed by atoms with van der Waals surface area (Å²) >= 11 is 0. The van der Waals surface area contributed by atoms with Crippen molar-refractivity contribution in [1.82, 2.24) is 9.21 Å². The van der Waals surface area contributed by atoms with Gasteiger partial charge in [0, 0.05) is 32.6 Å². The van der Waals surface area contributed by atoms with E-state index in [2.05, 4.69) is 0 Å². The van der Waals surface area contributed by atoms with Crippen LogP contribution in [0.2, 0.25) is 0 Å². The van der Waals surface area contributed by atoms with Crippen molar-refractivity contribution in [3.63, 3.8) is 0 Å². The fraction of sp³-hybridized carbons (Fsp3) is 0.409. The van der Waals surface area contributed by atoms with Gasteiger partial charge in [0.1, 0.15) is 5.75 Å². The molecule has 0 radical (unpaired) electrons. The number of carbonyl (C=O) groups excluding carboxylic acids is 1. The largest absolute Gasteiger partial charge is 0.480 e. The van der Waals surface area contributed by atoms with Gasteiger partial charge >= 0.3 is 0 Å². The van der Waals surface area contributed by atoms with Gasteiger partial charge in [-0.15, -0.1) is 0 Å². The molecule has 0 spiro atoms. The maximum atomic E-state index is 13.1. The Hall–Kier alpha value is -2.38. The predicted octanol–water partition coefficient (Wildman–Crippen LogP) is 2.01. The molecular weight excluding hydrogens is 388 g/mol. The molecular formula is C22H24N2O4S. The van der Waals surface area contributed by atoms with E-state index in [1.54, 1.807) is 11.0 Å². The van der Waals surface area contributed by atoms with E-state index in [4.69, 9.17) is 4.74 Å². The van der Waals surface area contributed by atoms with E-state index < -0.39 is 16.1 Å². The van der Waals surface area contributed by atoms with Gasteiger partial charge in [-0.25, -0.2) is 8.42 Å². The molecule has 1 aliphatic carbocycles. The summed E-state index contributed by atoms with van der Waals surface area (Å²) in [5, 5.41) is 0. The number of benzene rings is 2. The maximum Gasteiger partial charge on any atom is 0.264 e. The highest BCUT2D eigenvalue weighted by atomic mass is 32.2. The molecule has 2 heterocycles. The Balaban J connectivity index is 1.24. The van der Waals surface area contributed by atoms with Crippen molar-refractivity contribution in [2.45, 2.75) is 36.7 Å². The molecule has 3 aliphatic rings. The Morgan fingerprint density at radius 2 is 1.69 bits per heavy atom. The molecule has 0 N–H and O–H groups in total. The number of hydrogen-bond donors (Lipinski definition) is 0. The normalized spacial score (nSPS) is 21.5. The number of rotatable bonds is 3.